The Bertz CT molecular complexity index is 1040. The molecule has 2 aromatic carbocycles. The van der Waals surface area contributed by atoms with E-state index in [0.29, 0.717) is 19.5 Å². The van der Waals surface area contributed by atoms with Gasteiger partial charge in [0.2, 0.25) is 5.91 Å². The number of hydrogen-bond donors (Lipinski definition) is 3. The zero-order chi connectivity index (χ0) is 21.5. The molecule has 1 fully saturated rings. The predicted octanol–water partition coefficient (Wildman–Crippen LogP) is 3.59. The smallest absolute Gasteiger partial charge is 0.222 e. The van der Waals surface area contributed by atoms with E-state index < -0.39 is 0 Å². The molecule has 0 radical (unpaired) electrons. The van der Waals surface area contributed by atoms with E-state index in [1.807, 2.05) is 4.90 Å². The van der Waals surface area contributed by atoms with Gasteiger partial charge in [0.05, 0.1) is 6.54 Å². The van der Waals surface area contributed by atoms with E-state index in [4.69, 9.17) is 4.99 Å². The zero-order valence-electron chi connectivity index (χ0n) is 18.2. The first-order chi connectivity index (χ1) is 15.2. The number of fused-ring (bicyclic) bond motifs is 1. The van der Waals surface area contributed by atoms with Crippen LogP contribution in [0.15, 0.2) is 59.7 Å². The lowest BCUT2D eigenvalue weighted by Gasteiger charge is -2.15. The molecule has 162 valence electrons. The van der Waals surface area contributed by atoms with E-state index in [1.54, 1.807) is 0 Å². The number of aromatic amines is 1. The fraction of sp³-hybridized carbons (Fsp3) is 0.360. The lowest BCUT2D eigenvalue weighted by Crippen LogP contribution is -2.38. The maximum atomic E-state index is 11.8. The summed E-state index contributed by atoms with van der Waals surface area (Å²) in [6.07, 6.45) is 4.69. The van der Waals surface area contributed by atoms with Gasteiger partial charge in [-0.1, -0.05) is 42.5 Å². The highest BCUT2D eigenvalue weighted by Crippen LogP contribution is 2.18. The highest BCUT2D eigenvalue weighted by molar-refractivity contribution is 5.83. The van der Waals surface area contributed by atoms with Crippen LogP contribution in [0.25, 0.3) is 10.9 Å². The highest BCUT2D eigenvalue weighted by atomic mass is 16.2. The van der Waals surface area contributed by atoms with Crippen LogP contribution < -0.4 is 10.6 Å². The first-order valence-corrected chi connectivity index (χ1v) is 11.2. The van der Waals surface area contributed by atoms with Crippen molar-refractivity contribution in [3.8, 4) is 0 Å². The van der Waals surface area contributed by atoms with Crippen LogP contribution in [0.5, 0.6) is 0 Å². The molecule has 0 bridgehead atoms. The number of nitrogens with one attached hydrogen (secondary N) is 3. The number of guanidine groups is 1. The number of aromatic nitrogens is 1. The van der Waals surface area contributed by atoms with Gasteiger partial charge in [0.1, 0.15) is 0 Å². The summed E-state index contributed by atoms with van der Waals surface area (Å²) in [6, 6.07) is 16.8. The standard InChI is InChI=1S/C25H31N5O/c1-2-26-25(27-14-13-21-17-28-23-7-4-3-6-22(21)23)29-16-19-9-11-20(12-10-19)18-30-15-5-8-24(30)31/h3-4,6-7,9-12,17,28H,2,5,8,13-16,18H2,1H3,(H2,26,27,29). The molecular formula is C25H31N5O. The van der Waals surface area contributed by atoms with E-state index in [1.165, 1.54) is 22.0 Å². The second kappa shape index (κ2) is 10.2. The topological polar surface area (TPSA) is 72.5 Å². The first kappa shape index (κ1) is 21.0. The van der Waals surface area contributed by atoms with E-state index >= 15 is 0 Å². The molecule has 0 unspecified atom stereocenters. The lowest BCUT2D eigenvalue weighted by molar-refractivity contribution is -0.128. The minimum atomic E-state index is 0.266. The SMILES string of the molecule is CCNC(=NCc1ccc(CN2CCCC2=O)cc1)NCCc1c[nH]c2ccccc12. The van der Waals surface area contributed by atoms with Gasteiger partial charge in [0, 0.05) is 49.7 Å². The van der Waals surface area contributed by atoms with Crippen LogP contribution in [0, 0.1) is 0 Å². The van der Waals surface area contributed by atoms with Crippen LogP contribution >= 0.6 is 0 Å². The Morgan fingerprint density at radius 1 is 1.10 bits per heavy atom. The number of benzene rings is 2. The molecule has 6 nitrogen and oxygen atoms in total. The Labute approximate surface area is 183 Å². The van der Waals surface area contributed by atoms with Gasteiger partial charge >= 0.3 is 0 Å². The molecule has 0 saturated carbocycles. The first-order valence-electron chi connectivity index (χ1n) is 11.2. The summed E-state index contributed by atoms with van der Waals surface area (Å²) < 4.78 is 0. The van der Waals surface area contributed by atoms with Crippen molar-refractivity contribution in [1.82, 2.24) is 20.5 Å². The number of para-hydroxylation sites is 1. The molecule has 1 saturated heterocycles. The molecular weight excluding hydrogens is 386 g/mol. The fourth-order valence-corrected chi connectivity index (χ4v) is 4.01. The van der Waals surface area contributed by atoms with Gasteiger partial charge in [-0.25, -0.2) is 4.99 Å². The molecule has 3 N–H and O–H groups in total. The lowest BCUT2D eigenvalue weighted by atomic mass is 10.1. The summed E-state index contributed by atoms with van der Waals surface area (Å²) in [7, 11) is 0. The van der Waals surface area contributed by atoms with Crippen LogP contribution in [-0.4, -0.2) is 41.4 Å². The van der Waals surface area contributed by atoms with Crippen molar-refractivity contribution in [3.63, 3.8) is 0 Å². The van der Waals surface area contributed by atoms with Gasteiger partial charge in [-0.15, -0.1) is 0 Å². The molecule has 0 aliphatic carbocycles. The summed E-state index contributed by atoms with van der Waals surface area (Å²) in [6.45, 7) is 5.91. The Morgan fingerprint density at radius 2 is 1.90 bits per heavy atom. The van der Waals surface area contributed by atoms with Crippen molar-refractivity contribution in [2.24, 2.45) is 4.99 Å². The third-order valence-electron chi connectivity index (χ3n) is 5.69. The molecule has 1 amide bonds. The number of nitrogens with zero attached hydrogens (tertiary/aromatic N) is 2. The van der Waals surface area contributed by atoms with Gasteiger partial charge in [-0.3, -0.25) is 4.79 Å². The summed E-state index contributed by atoms with van der Waals surface area (Å²) in [5.41, 5.74) is 4.82. The molecule has 1 aliphatic heterocycles. The molecule has 31 heavy (non-hydrogen) atoms. The Morgan fingerprint density at radius 3 is 2.68 bits per heavy atom. The Balaban J connectivity index is 1.30. The quantitative estimate of drug-likeness (QED) is 0.387. The summed E-state index contributed by atoms with van der Waals surface area (Å²) in [5, 5.41) is 8.04. The van der Waals surface area contributed by atoms with Crippen LogP contribution in [0.4, 0.5) is 0 Å². The molecule has 1 aliphatic rings. The Kier molecular flexibility index (Phi) is 6.87. The molecule has 2 heterocycles. The second-order valence-corrected chi connectivity index (χ2v) is 7.97. The van der Waals surface area contributed by atoms with Gasteiger partial charge in [0.25, 0.3) is 0 Å². The van der Waals surface area contributed by atoms with E-state index in [-0.39, 0.29) is 5.91 Å². The summed E-state index contributed by atoms with van der Waals surface area (Å²) in [4.78, 5) is 21.8. The third kappa shape index (κ3) is 5.45. The van der Waals surface area contributed by atoms with Crippen molar-refractivity contribution >= 4 is 22.8 Å². The molecule has 6 heteroatoms. The number of carbonyl (C=O) groups excluding carboxylic acids is 1. The number of aliphatic imine (C=N–C) groups is 1. The molecule has 4 rings (SSSR count). The summed E-state index contributed by atoms with van der Waals surface area (Å²) >= 11 is 0. The Hall–Kier alpha value is -3.28. The second-order valence-electron chi connectivity index (χ2n) is 7.97. The van der Waals surface area contributed by atoms with Gasteiger partial charge in [-0.05, 0) is 42.5 Å². The van der Waals surface area contributed by atoms with Crippen molar-refractivity contribution in [2.75, 3.05) is 19.6 Å². The summed E-state index contributed by atoms with van der Waals surface area (Å²) in [5.74, 6) is 1.09. The normalized spacial score (nSPS) is 14.4. The average molecular weight is 418 g/mol. The van der Waals surface area contributed by atoms with Crippen molar-refractivity contribution in [2.45, 2.75) is 39.3 Å². The van der Waals surface area contributed by atoms with Crippen LogP contribution in [0.1, 0.15) is 36.5 Å². The monoisotopic (exact) mass is 417 g/mol. The van der Waals surface area contributed by atoms with E-state index in [0.717, 1.165) is 44.0 Å². The van der Waals surface area contributed by atoms with Crippen LogP contribution in [0.2, 0.25) is 0 Å². The minimum Gasteiger partial charge on any atom is -0.361 e. The minimum absolute atomic E-state index is 0.266. The average Bonchev–Trinajstić information content (AvgIpc) is 3.39. The van der Waals surface area contributed by atoms with E-state index in [2.05, 4.69) is 77.3 Å². The number of rotatable bonds is 8. The van der Waals surface area contributed by atoms with Gasteiger partial charge < -0.3 is 20.5 Å². The zero-order valence-corrected chi connectivity index (χ0v) is 18.2. The number of likely N-dealkylation sites (tertiary alicyclic amines) is 1. The van der Waals surface area contributed by atoms with Gasteiger partial charge in [-0.2, -0.15) is 0 Å². The number of hydrogen-bond acceptors (Lipinski definition) is 2. The molecule has 3 aromatic rings. The van der Waals surface area contributed by atoms with Crippen molar-refractivity contribution < 1.29 is 4.79 Å². The highest BCUT2D eigenvalue weighted by Gasteiger charge is 2.19. The molecule has 0 spiro atoms. The number of amides is 1. The van der Waals surface area contributed by atoms with E-state index in [9.17, 15) is 4.79 Å². The largest absolute Gasteiger partial charge is 0.361 e. The molecule has 0 atom stereocenters. The predicted molar refractivity (Wildman–Crippen MR) is 126 cm³/mol. The van der Waals surface area contributed by atoms with Gasteiger partial charge in [0.15, 0.2) is 5.96 Å². The van der Waals surface area contributed by atoms with Crippen molar-refractivity contribution in [3.05, 3.63) is 71.4 Å². The maximum Gasteiger partial charge on any atom is 0.222 e. The van der Waals surface area contributed by atoms with Crippen LogP contribution in [0.3, 0.4) is 0 Å². The third-order valence-corrected chi connectivity index (χ3v) is 5.69. The fourth-order valence-electron chi connectivity index (χ4n) is 4.01. The number of H-pyrrole nitrogens is 1. The molecule has 1 aromatic heterocycles. The number of carbonyl (C=O) groups is 1. The van der Waals surface area contributed by atoms with Crippen LogP contribution in [-0.2, 0) is 24.3 Å². The van der Waals surface area contributed by atoms with Crippen molar-refractivity contribution in [1.29, 1.82) is 0 Å². The maximum absolute atomic E-state index is 11.8.